The average Bonchev–Trinajstić information content (AvgIpc) is 2.48. The molecule has 2 aromatic rings. The van der Waals surface area contributed by atoms with Gasteiger partial charge in [0.25, 0.3) is 0 Å². The molecule has 0 radical (unpaired) electrons. The molecular weight excluding hydrogens is 274 g/mol. The van der Waals surface area contributed by atoms with Gasteiger partial charge in [0.05, 0.1) is 13.7 Å². The van der Waals surface area contributed by atoms with Crippen LogP contribution in [0.25, 0.3) is 0 Å². The lowest BCUT2D eigenvalue weighted by Crippen LogP contribution is -2.02. The van der Waals surface area contributed by atoms with E-state index in [1.165, 1.54) is 5.56 Å². The third-order valence-electron chi connectivity index (χ3n) is 2.96. The first-order chi connectivity index (χ1) is 9.31. The van der Waals surface area contributed by atoms with Crippen LogP contribution in [-0.4, -0.2) is 13.7 Å². The van der Waals surface area contributed by atoms with Crippen LogP contribution in [0.4, 0.5) is 0 Å². The number of benzene rings is 2. The maximum Gasteiger partial charge on any atom is 0.122 e. The van der Waals surface area contributed by atoms with E-state index >= 15 is 0 Å². The second kappa shape index (κ2) is 8.46. The molecule has 0 spiro atoms. The molecule has 3 nitrogen and oxygen atoms in total. The number of hydrogen-bond donors (Lipinski definition) is 1. The van der Waals surface area contributed by atoms with E-state index in [1.807, 2.05) is 24.3 Å². The van der Waals surface area contributed by atoms with E-state index in [2.05, 4.69) is 24.3 Å². The van der Waals surface area contributed by atoms with Crippen LogP contribution in [0.1, 0.15) is 11.1 Å². The van der Waals surface area contributed by atoms with Crippen molar-refractivity contribution < 1.29 is 9.47 Å². The van der Waals surface area contributed by atoms with E-state index in [0.29, 0.717) is 13.2 Å². The molecule has 0 saturated carbocycles. The first-order valence-corrected chi connectivity index (χ1v) is 6.36. The number of halogens is 1. The van der Waals surface area contributed by atoms with Crippen molar-refractivity contribution in [1.29, 1.82) is 0 Å². The fourth-order valence-electron chi connectivity index (χ4n) is 1.82. The highest BCUT2D eigenvalue weighted by atomic mass is 35.5. The molecule has 0 atom stereocenters. The predicted octanol–water partition coefficient (Wildman–Crippen LogP) is 3.20. The molecule has 0 aliphatic carbocycles. The highest BCUT2D eigenvalue weighted by Gasteiger charge is 1.98. The van der Waals surface area contributed by atoms with Crippen molar-refractivity contribution in [2.45, 2.75) is 13.0 Å². The van der Waals surface area contributed by atoms with Crippen molar-refractivity contribution in [3.05, 3.63) is 59.7 Å². The Bertz CT molecular complexity index is 514. The van der Waals surface area contributed by atoms with Crippen LogP contribution >= 0.6 is 12.4 Å². The smallest absolute Gasteiger partial charge is 0.122 e. The minimum Gasteiger partial charge on any atom is -0.497 e. The van der Waals surface area contributed by atoms with Crippen LogP contribution in [0.3, 0.4) is 0 Å². The monoisotopic (exact) mass is 293 g/mol. The Balaban J connectivity index is 0.00000200. The lowest BCUT2D eigenvalue weighted by Gasteiger charge is -2.08. The van der Waals surface area contributed by atoms with Gasteiger partial charge in [0.1, 0.15) is 11.5 Å². The highest BCUT2D eigenvalue weighted by Crippen LogP contribution is 2.19. The van der Waals surface area contributed by atoms with Crippen LogP contribution in [0.15, 0.2) is 48.5 Å². The van der Waals surface area contributed by atoms with Gasteiger partial charge in [-0.1, -0.05) is 30.3 Å². The summed E-state index contributed by atoms with van der Waals surface area (Å²) >= 11 is 0. The molecule has 4 heteroatoms. The van der Waals surface area contributed by atoms with Gasteiger partial charge in [-0.3, -0.25) is 0 Å². The van der Waals surface area contributed by atoms with E-state index in [9.17, 15) is 0 Å². The fourth-order valence-corrected chi connectivity index (χ4v) is 1.82. The maximum atomic E-state index is 5.70. The van der Waals surface area contributed by atoms with E-state index < -0.39 is 0 Å². The zero-order valence-corrected chi connectivity index (χ0v) is 12.4. The minimum absolute atomic E-state index is 0. The standard InChI is InChI=1S/C16H19NO2.ClH/c1-18-15-3-2-4-16(11-15)19-10-9-13-5-7-14(12-17)8-6-13;/h2-8,11H,9-10,12,17H2,1H3;1H. The number of ether oxygens (including phenoxy) is 2. The van der Waals surface area contributed by atoms with Crippen molar-refractivity contribution in [3.63, 3.8) is 0 Å². The summed E-state index contributed by atoms with van der Waals surface area (Å²) in [6.07, 6.45) is 0.877. The van der Waals surface area contributed by atoms with Gasteiger partial charge in [0, 0.05) is 19.0 Å². The molecule has 0 aliphatic rings. The molecule has 0 unspecified atom stereocenters. The molecule has 0 amide bonds. The third kappa shape index (κ3) is 4.76. The summed E-state index contributed by atoms with van der Waals surface area (Å²) in [4.78, 5) is 0. The van der Waals surface area contributed by atoms with Gasteiger partial charge in [0.15, 0.2) is 0 Å². The lowest BCUT2D eigenvalue weighted by atomic mass is 10.1. The molecule has 0 heterocycles. The van der Waals surface area contributed by atoms with E-state index in [0.717, 1.165) is 23.5 Å². The molecule has 2 N–H and O–H groups in total. The summed E-state index contributed by atoms with van der Waals surface area (Å²) in [6, 6.07) is 15.9. The van der Waals surface area contributed by atoms with Gasteiger partial charge < -0.3 is 15.2 Å². The summed E-state index contributed by atoms with van der Waals surface area (Å²) in [5.74, 6) is 1.64. The molecule has 0 bridgehead atoms. The van der Waals surface area contributed by atoms with Crippen LogP contribution in [0, 0.1) is 0 Å². The molecule has 2 rings (SSSR count). The molecule has 0 saturated heterocycles. The summed E-state index contributed by atoms with van der Waals surface area (Å²) in [5.41, 5.74) is 7.97. The normalized spacial score (nSPS) is 9.70. The lowest BCUT2D eigenvalue weighted by molar-refractivity contribution is 0.319. The first-order valence-electron chi connectivity index (χ1n) is 6.36. The topological polar surface area (TPSA) is 44.5 Å². The van der Waals surface area contributed by atoms with E-state index in [4.69, 9.17) is 15.2 Å². The fraction of sp³-hybridized carbons (Fsp3) is 0.250. The Kier molecular flexibility index (Phi) is 6.91. The Hall–Kier alpha value is -1.71. The summed E-state index contributed by atoms with van der Waals surface area (Å²) in [5, 5.41) is 0. The largest absolute Gasteiger partial charge is 0.497 e. The number of nitrogens with two attached hydrogens (primary N) is 1. The molecule has 20 heavy (non-hydrogen) atoms. The zero-order valence-electron chi connectivity index (χ0n) is 11.5. The third-order valence-corrected chi connectivity index (χ3v) is 2.96. The van der Waals surface area contributed by atoms with Crippen LogP contribution < -0.4 is 15.2 Å². The summed E-state index contributed by atoms with van der Waals surface area (Å²) in [7, 11) is 1.65. The second-order valence-corrected chi connectivity index (χ2v) is 4.30. The molecule has 108 valence electrons. The van der Waals surface area contributed by atoms with Crippen molar-refractivity contribution in [2.75, 3.05) is 13.7 Å². The van der Waals surface area contributed by atoms with Gasteiger partial charge in [-0.15, -0.1) is 12.4 Å². The van der Waals surface area contributed by atoms with Crippen molar-refractivity contribution in [1.82, 2.24) is 0 Å². The molecule has 2 aromatic carbocycles. The molecule has 0 aliphatic heterocycles. The molecule has 0 fully saturated rings. The average molecular weight is 294 g/mol. The van der Waals surface area contributed by atoms with Gasteiger partial charge in [-0.05, 0) is 23.3 Å². The Morgan fingerprint density at radius 3 is 2.25 bits per heavy atom. The highest BCUT2D eigenvalue weighted by molar-refractivity contribution is 5.85. The van der Waals surface area contributed by atoms with Crippen LogP contribution in [-0.2, 0) is 13.0 Å². The first kappa shape index (κ1) is 16.3. The van der Waals surface area contributed by atoms with Crippen molar-refractivity contribution >= 4 is 12.4 Å². The van der Waals surface area contributed by atoms with Gasteiger partial charge in [0.2, 0.25) is 0 Å². The van der Waals surface area contributed by atoms with E-state index in [1.54, 1.807) is 7.11 Å². The Labute approximate surface area is 126 Å². The molecular formula is C16H20ClNO2. The number of hydrogen-bond acceptors (Lipinski definition) is 3. The SMILES string of the molecule is COc1cccc(OCCc2ccc(CN)cc2)c1.Cl. The summed E-state index contributed by atoms with van der Waals surface area (Å²) in [6.45, 7) is 1.23. The van der Waals surface area contributed by atoms with Crippen LogP contribution in [0.2, 0.25) is 0 Å². The Morgan fingerprint density at radius 2 is 1.60 bits per heavy atom. The van der Waals surface area contributed by atoms with Gasteiger partial charge >= 0.3 is 0 Å². The zero-order chi connectivity index (χ0) is 13.5. The minimum atomic E-state index is 0. The predicted molar refractivity (Wildman–Crippen MR) is 83.8 cm³/mol. The van der Waals surface area contributed by atoms with Gasteiger partial charge in [-0.25, -0.2) is 0 Å². The maximum absolute atomic E-state index is 5.70. The van der Waals surface area contributed by atoms with Crippen LogP contribution in [0.5, 0.6) is 11.5 Å². The van der Waals surface area contributed by atoms with E-state index in [-0.39, 0.29) is 12.4 Å². The van der Waals surface area contributed by atoms with Crippen molar-refractivity contribution in [3.8, 4) is 11.5 Å². The summed E-state index contributed by atoms with van der Waals surface area (Å²) < 4.78 is 10.9. The quantitative estimate of drug-likeness (QED) is 0.889. The second-order valence-electron chi connectivity index (χ2n) is 4.30. The Morgan fingerprint density at radius 1 is 0.950 bits per heavy atom. The van der Waals surface area contributed by atoms with Crippen molar-refractivity contribution in [2.24, 2.45) is 5.73 Å². The number of methoxy groups -OCH3 is 1. The van der Waals surface area contributed by atoms with Gasteiger partial charge in [-0.2, -0.15) is 0 Å². The number of rotatable bonds is 6. The molecule has 0 aromatic heterocycles.